The van der Waals surface area contributed by atoms with E-state index in [1.165, 1.54) is 11.1 Å². The van der Waals surface area contributed by atoms with Gasteiger partial charge in [0.2, 0.25) is 0 Å². The highest BCUT2D eigenvalue weighted by atomic mass is 16.5. The first-order valence-corrected chi connectivity index (χ1v) is 8.66. The summed E-state index contributed by atoms with van der Waals surface area (Å²) in [6, 6.07) is 18.6. The minimum atomic E-state index is 0.219. The van der Waals surface area contributed by atoms with E-state index >= 15 is 0 Å². The fourth-order valence-electron chi connectivity index (χ4n) is 2.92. The molecule has 0 aliphatic heterocycles. The molecule has 4 nitrogen and oxygen atoms in total. The predicted octanol–water partition coefficient (Wildman–Crippen LogP) is 4.62. The minimum Gasteiger partial charge on any atom is -0.497 e. The van der Waals surface area contributed by atoms with Gasteiger partial charge in [-0.3, -0.25) is 4.98 Å². The average Bonchev–Trinajstić information content (AvgIpc) is 2.72. The number of hydrogen-bond acceptors (Lipinski definition) is 4. The summed E-state index contributed by atoms with van der Waals surface area (Å²) in [4.78, 5) is 4.09. The smallest absolute Gasteiger partial charge is 0.126 e. The summed E-state index contributed by atoms with van der Waals surface area (Å²) in [5, 5.41) is 3.57. The largest absolute Gasteiger partial charge is 0.497 e. The van der Waals surface area contributed by atoms with Gasteiger partial charge in [0.15, 0.2) is 0 Å². The molecule has 3 rings (SSSR count). The van der Waals surface area contributed by atoms with Gasteiger partial charge in [0.1, 0.15) is 11.5 Å². The molecule has 1 N–H and O–H groups in total. The lowest BCUT2D eigenvalue weighted by Crippen LogP contribution is -2.18. The van der Waals surface area contributed by atoms with Gasteiger partial charge < -0.3 is 14.8 Å². The third-order valence-electron chi connectivity index (χ3n) is 4.46. The Hall–Kier alpha value is -2.85. The Morgan fingerprint density at radius 1 is 0.962 bits per heavy atom. The van der Waals surface area contributed by atoms with Crippen molar-refractivity contribution < 1.29 is 9.47 Å². The maximum absolute atomic E-state index is 5.52. The van der Waals surface area contributed by atoms with Crippen LogP contribution >= 0.6 is 0 Å². The van der Waals surface area contributed by atoms with Crippen LogP contribution in [0.25, 0.3) is 11.1 Å². The Morgan fingerprint density at radius 3 is 2.50 bits per heavy atom. The number of hydrogen-bond donors (Lipinski definition) is 1. The van der Waals surface area contributed by atoms with Gasteiger partial charge in [-0.2, -0.15) is 0 Å². The average molecular weight is 348 g/mol. The van der Waals surface area contributed by atoms with E-state index in [-0.39, 0.29) is 6.04 Å². The summed E-state index contributed by atoms with van der Waals surface area (Å²) in [6.07, 6.45) is 3.59. The van der Waals surface area contributed by atoms with Crippen LogP contribution in [-0.4, -0.2) is 19.2 Å². The van der Waals surface area contributed by atoms with Crippen LogP contribution < -0.4 is 14.8 Å². The molecule has 2 aromatic carbocycles. The lowest BCUT2D eigenvalue weighted by molar-refractivity contribution is 0.413. The molecular weight excluding hydrogens is 324 g/mol. The standard InChI is InChI=1S/C22H24N2O2/c1-16(19-5-4-6-20(14-19)25-2)24-15-17-7-8-22(26-3)21(13-17)18-9-11-23-12-10-18/h4-14,16,24H,15H2,1-3H3. The first-order valence-electron chi connectivity index (χ1n) is 8.66. The van der Waals surface area contributed by atoms with E-state index in [1.54, 1.807) is 26.6 Å². The molecule has 0 aliphatic carbocycles. The molecule has 0 spiro atoms. The van der Waals surface area contributed by atoms with Crippen molar-refractivity contribution in [1.29, 1.82) is 0 Å². The van der Waals surface area contributed by atoms with Gasteiger partial charge in [0.25, 0.3) is 0 Å². The highest BCUT2D eigenvalue weighted by Crippen LogP contribution is 2.30. The summed E-state index contributed by atoms with van der Waals surface area (Å²) < 4.78 is 10.8. The third-order valence-corrected chi connectivity index (χ3v) is 4.46. The van der Waals surface area contributed by atoms with Crippen molar-refractivity contribution in [2.45, 2.75) is 19.5 Å². The monoisotopic (exact) mass is 348 g/mol. The zero-order chi connectivity index (χ0) is 18.4. The number of pyridine rings is 1. The Morgan fingerprint density at radius 2 is 1.77 bits per heavy atom. The van der Waals surface area contributed by atoms with E-state index in [2.05, 4.69) is 41.5 Å². The minimum absolute atomic E-state index is 0.219. The Kier molecular flexibility index (Phi) is 5.87. The van der Waals surface area contributed by atoms with Crippen molar-refractivity contribution in [2.75, 3.05) is 14.2 Å². The molecule has 1 aromatic heterocycles. The fraction of sp³-hybridized carbons (Fsp3) is 0.227. The highest BCUT2D eigenvalue weighted by molar-refractivity contribution is 5.70. The second kappa shape index (κ2) is 8.50. The summed E-state index contributed by atoms with van der Waals surface area (Å²) in [5.74, 6) is 1.74. The molecule has 26 heavy (non-hydrogen) atoms. The molecule has 1 heterocycles. The predicted molar refractivity (Wildman–Crippen MR) is 104 cm³/mol. The van der Waals surface area contributed by atoms with Gasteiger partial charge in [0, 0.05) is 30.5 Å². The zero-order valence-electron chi connectivity index (χ0n) is 15.4. The van der Waals surface area contributed by atoms with Crippen LogP contribution in [0.3, 0.4) is 0 Å². The molecule has 1 atom stereocenters. The molecule has 0 bridgehead atoms. The number of rotatable bonds is 7. The Bertz CT molecular complexity index is 850. The summed E-state index contributed by atoms with van der Waals surface area (Å²) >= 11 is 0. The van der Waals surface area contributed by atoms with Gasteiger partial charge in [0.05, 0.1) is 14.2 Å². The first-order chi connectivity index (χ1) is 12.7. The number of aromatic nitrogens is 1. The second-order valence-electron chi connectivity index (χ2n) is 6.15. The molecule has 0 fully saturated rings. The molecule has 0 amide bonds. The lowest BCUT2D eigenvalue weighted by Gasteiger charge is -2.16. The zero-order valence-corrected chi connectivity index (χ0v) is 15.4. The molecule has 0 radical (unpaired) electrons. The van der Waals surface area contributed by atoms with E-state index in [4.69, 9.17) is 9.47 Å². The van der Waals surface area contributed by atoms with Crippen LogP contribution in [0.1, 0.15) is 24.1 Å². The SMILES string of the molecule is COc1cccc(C(C)NCc2ccc(OC)c(-c3ccncc3)c2)c1. The normalized spacial score (nSPS) is 11.8. The number of methoxy groups -OCH3 is 2. The van der Waals surface area contributed by atoms with Gasteiger partial charge in [-0.05, 0) is 60.0 Å². The quantitative estimate of drug-likeness (QED) is 0.677. The molecule has 0 aliphatic rings. The second-order valence-corrected chi connectivity index (χ2v) is 6.15. The Labute approximate surface area is 154 Å². The van der Waals surface area contributed by atoms with Gasteiger partial charge in [-0.25, -0.2) is 0 Å². The van der Waals surface area contributed by atoms with Crippen molar-refractivity contribution in [1.82, 2.24) is 10.3 Å². The third kappa shape index (κ3) is 4.21. The van der Waals surface area contributed by atoms with Crippen LogP contribution in [0, 0.1) is 0 Å². The molecular formula is C22H24N2O2. The molecule has 0 saturated carbocycles. The van der Waals surface area contributed by atoms with E-state index < -0.39 is 0 Å². The van der Waals surface area contributed by atoms with Crippen LogP contribution in [0.4, 0.5) is 0 Å². The fourth-order valence-corrected chi connectivity index (χ4v) is 2.92. The maximum Gasteiger partial charge on any atom is 0.126 e. The molecule has 3 aromatic rings. The summed E-state index contributed by atoms with van der Waals surface area (Å²) in [6.45, 7) is 2.92. The van der Waals surface area contributed by atoms with E-state index in [9.17, 15) is 0 Å². The van der Waals surface area contributed by atoms with E-state index in [0.29, 0.717) is 0 Å². The van der Waals surface area contributed by atoms with Crippen molar-refractivity contribution in [2.24, 2.45) is 0 Å². The molecule has 4 heteroatoms. The van der Waals surface area contributed by atoms with Crippen LogP contribution in [-0.2, 0) is 6.54 Å². The van der Waals surface area contributed by atoms with Crippen molar-refractivity contribution in [3.05, 3.63) is 78.1 Å². The number of benzene rings is 2. The van der Waals surface area contributed by atoms with E-state index in [0.717, 1.165) is 29.2 Å². The van der Waals surface area contributed by atoms with Crippen LogP contribution in [0.5, 0.6) is 11.5 Å². The van der Waals surface area contributed by atoms with Crippen LogP contribution in [0.15, 0.2) is 67.0 Å². The van der Waals surface area contributed by atoms with Crippen LogP contribution in [0.2, 0.25) is 0 Å². The van der Waals surface area contributed by atoms with Gasteiger partial charge in [-0.1, -0.05) is 18.2 Å². The summed E-state index contributed by atoms with van der Waals surface area (Å²) in [7, 11) is 3.39. The number of nitrogens with one attached hydrogen (secondary N) is 1. The molecule has 1 unspecified atom stereocenters. The first kappa shape index (κ1) is 18.0. The maximum atomic E-state index is 5.52. The molecule has 134 valence electrons. The topological polar surface area (TPSA) is 43.4 Å². The molecule has 0 saturated heterocycles. The van der Waals surface area contributed by atoms with Crippen molar-refractivity contribution in [3.63, 3.8) is 0 Å². The van der Waals surface area contributed by atoms with Crippen molar-refractivity contribution >= 4 is 0 Å². The Balaban J connectivity index is 1.76. The lowest BCUT2D eigenvalue weighted by atomic mass is 10.0. The van der Waals surface area contributed by atoms with Crippen molar-refractivity contribution in [3.8, 4) is 22.6 Å². The van der Waals surface area contributed by atoms with E-state index in [1.807, 2.05) is 30.3 Å². The van der Waals surface area contributed by atoms with Gasteiger partial charge >= 0.3 is 0 Å². The summed E-state index contributed by atoms with van der Waals surface area (Å²) in [5.41, 5.74) is 4.57. The number of nitrogens with zero attached hydrogens (tertiary/aromatic N) is 1. The number of ether oxygens (including phenoxy) is 2. The van der Waals surface area contributed by atoms with Gasteiger partial charge in [-0.15, -0.1) is 0 Å². The highest BCUT2D eigenvalue weighted by Gasteiger charge is 2.09.